The largest absolute Gasteiger partial charge is 0.497 e. The van der Waals surface area contributed by atoms with E-state index in [0.717, 1.165) is 15.4 Å². The van der Waals surface area contributed by atoms with Gasteiger partial charge in [-0.15, -0.1) is 0 Å². The molecule has 0 aromatic heterocycles. The fourth-order valence-corrected chi connectivity index (χ4v) is 6.43. The molecule has 0 aliphatic carbocycles. The predicted molar refractivity (Wildman–Crippen MR) is 175 cm³/mol. The number of ether oxygens (including phenoxy) is 2. The number of methoxy groups -OCH3 is 1. The average Bonchev–Trinajstić information content (AvgIpc) is 3.06. The summed E-state index contributed by atoms with van der Waals surface area (Å²) in [6, 6.07) is 30.3. The lowest BCUT2D eigenvalue weighted by Crippen LogP contribution is -2.53. The van der Waals surface area contributed by atoms with Crippen LogP contribution in [0.15, 0.2) is 114 Å². The van der Waals surface area contributed by atoms with Crippen molar-refractivity contribution in [3.05, 3.63) is 120 Å². The molecule has 0 radical (unpaired) electrons. The summed E-state index contributed by atoms with van der Waals surface area (Å²) in [7, 11) is -2.68. The molecule has 0 aliphatic rings. The summed E-state index contributed by atoms with van der Waals surface area (Å²) >= 11 is 0. The van der Waals surface area contributed by atoms with Gasteiger partial charge in [0, 0.05) is 19.5 Å². The molecule has 0 fully saturated rings. The van der Waals surface area contributed by atoms with E-state index in [-0.39, 0.29) is 29.5 Å². The zero-order chi connectivity index (χ0) is 32.2. The van der Waals surface area contributed by atoms with Crippen LogP contribution in [0.5, 0.6) is 11.5 Å². The number of nitrogens with zero attached hydrogens (tertiary/aromatic N) is 2. The molecule has 9 nitrogen and oxygen atoms in total. The zero-order valence-electron chi connectivity index (χ0n) is 25.8. The maximum Gasteiger partial charge on any atom is 0.264 e. The predicted octanol–water partition coefficient (Wildman–Crippen LogP) is 5.07. The summed E-state index contributed by atoms with van der Waals surface area (Å²) in [5.74, 6) is 0.00764. The van der Waals surface area contributed by atoms with Crippen molar-refractivity contribution >= 4 is 27.5 Å². The van der Waals surface area contributed by atoms with E-state index in [1.54, 1.807) is 74.7 Å². The fourth-order valence-electron chi connectivity index (χ4n) is 4.99. The van der Waals surface area contributed by atoms with E-state index in [2.05, 4.69) is 5.32 Å². The summed E-state index contributed by atoms with van der Waals surface area (Å²) in [4.78, 5) is 29.6. The van der Waals surface area contributed by atoms with Crippen molar-refractivity contribution < 1.29 is 27.5 Å². The number of likely N-dealkylation sites (N-methyl/N-ethyl adjacent to an activating group) is 1. The quantitative estimate of drug-likeness (QED) is 0.197. The molecule has 1 unspecified atom stereocenters. The Hall–Kier alpha value is -4.83. The standard InChI is InChI=1S/C35H39N3O6S/c1-4-36-35(40)32(24-27-15-8-6-9-16-27)37(25-28-17-14-18-29(23-28)43-3)34(39)26-38(31-21-12-13-22-33(31)44-5-2)45(41,42)30-19-10-7-11-20-30/h6-23,32H,4-5,24-26H2,1-3H3,(H,36,40). The van der Waals surface area contributed by atoms with Gasteiger partial charge in [0.25, 0.3) is 10.0 Å². The van der Waals surface area contributed by atoms with Crippen LogP contribution in [0.2, 0.25) is 0 Å². The van der Waals surface area contributed by atoms with E-state index in [0.29, 0.717) is 24.7 Å². The highest BCUT2D eigenvalue weighted by molar-refractivity contribution is 7.92. The van der Waals surface area contributed by atoms with Gasteiger partial charge in [-0.3, -0.25) is 13.9 Å². The average molecular weight is 630 g/mol. The highest BCUT2D eigenvalue weighted by atomic mass is 32.2. The molecule has 4 aromatic carbocycles. The summed E-state index contributed by atoms with van der Waals surface area (Å²) < 4.78 is 40.6. The zero-order valence-corrected chi connectivity index (χ0v) is 26.6. The van der Waals surface area contributed by atoms with Crippen molar-refractivity contribution in [1.82, 2.24) is 10.2 Å². The topological polar surface area (TPSA) is 105 Å². The van der Waals surface area contributed by atoms with Crippen LogP contribution in [0.4, 0.5) is 5.69 Å². The van der Waals surface area contributed by atoms with Crippen LogP contribution in [0.1, 0.15) is 25.0 Å². The highest BCUT2D eigenvalue weighted by Gasteiger charge is 2.35. The number of carbonyl (C=O) groups excluding carboxylic acids is 2. The molecular weight excluding hydrogens is 590 g/mol. The minimum atomic E-state index is -4.24. The molecule has 1 N–H and O–H groups in total. The molecule has 10 heteroatoms. The molecular formula is C35H39N3O6S. The van der Waals surface area contributed by atoms with Crippen molar-refractivity contribution in [2.75, 3.05) is 31.1 Å². The molecule has 0 heterocycles. The third-order valence-corrected chi connectivity index (χ3v) is 8.93. The Morgan fingerprint density at radius 2 is 1.47 bits per heavy atom. The molecule has 0 saturated carbocycles. The Morgan fingerprint density at radius 3 is 2.13 bits per heavy atom. The Labute approximate surface area is 265 Å². The summed E-state index contributed by atoms with van der Waals surface area (Å²) in [5.41, 5.74) is 1.79. The first kappa shape index (κ1) is 33.1. The van der Waals surface area contributed by atoms with Crippen molar-refractivity contribution in [1.29, 1.82) is 0 Å². The molecule has 4 rings (SSSR count). The van der Waals surface area contributed by atoms with Crippen LogP contribution in [0.25, 0.3) is 0 Å². The van der Waals surface area contributed by atoms with Gasteiger partial charge in [0.1, 0.15) is 24.1 Å². The minimum absolute atomic E-state index is 0.0213. The van der Waals surface area contributed by atoms with E-state index in [1.165, 1.54) is 17.0 Å². The first-order valence-corrected chi connectivity index (χ1v) is 16.3. The number of para-hydroxylation sites is 2. The smallest absolute Gasteiger partial charge is 0.264 e. The van der Waals surface area contributed by atoms with Crippen LogP contribution >= 0.6 is 0 Å². The van der Waals surface area contributed by atoms with Gasteiger partial charge >= 0.3 is 0 Å². The van der Waals surface area contributed by atoms with Crippen molar-refractivity contribution in [3.63, 3.8) is 0 Å². The molecule has 2 amide bonds. The Kier molecular flexibility index (Phi) is 11.6. The third kappa shape index (κ3) is 8.42. The number of benzene rings is 4. The van der Waals surface area contributed by atoms with Gasteiger partial charge in [-0.2, -0.15) is 0 Å². The van der Waals surface area contributed by atoms with Crippen LogP contribution in [0, 0.1) is 0 Å². The number of rotatable bonds is 15. The molecule has 45 heavy (non-hydrogen) atoms. The van der Waals surface area contributed by atoms with Gasteiger partial charge in [-0.1, -0.05) is 72.8 Å². The lowest BCUT2D eigenvalue weighted by atomic mass is 10.0. The van der Waals surface area contributed by atoms with Gasteiger partial charge in [0.15, 0.2) is 0 Å². The van der Waals surface area contributed by atoms with Crippen molar-refractivity contribution in [2.24, 2.45) is 0 Å². The Morgan fingerprint density at radius 1 is 0.822 bits per heavy atom. The SMILES string of the molecule is CCNC(=O)C(Cc1ccccc1)N(Cc1cccc(OC)c1)C(=O)CN(c1ccccc1OCC)S(=O)(=O)c1ccccc1. The van der Waals surface area contributed by atoms with Gasteiger partial charge in [-0.05, 0) is 61.4 Å². The van der Waals surface area contributed by atoms with Gasteiger partial charge in [-0.25, -0.2) is 8.42 Å². The second-order valence-electron chi connectivity index (χ2n) is 10.2. The van der Waals surface area contributed by atoms with Crippen LogP contribution in [0.3, 0.4) is 0 Å². The number of nitrogens with one attached hydrogen (secondary N) is 1. The molecule has 0 aliphatic heterocycles. The van der Waals surface area contributed by atoms with E-state index in [9.17, 15) is 18.0 Å². The molecule has 1 atom stereocenters. The first-order valence-electron chi connectivity index (χ1n) is 14.8. The van der Waals surface area contributed by atoms with E-state index in [1.807, 2.05) is 43.3 Å². The molecule has 0 saturated heterocycles. The monoisotopic (exact) mass is 629 g/mol. The van der Waals surface area contributed by atoms with Crippen LogP contribution < -0.4 is 19.1 Å². The maximum absolute atomic E-state index is 14.5. The third-order valence-electron chi connectivity index (χ3n) is 7.15. The van der Waals surface area contributed by atoms with Crippen LogP contribution in [-0.4, -0.2) is 58.0 Å². The molecule has 4 aromatic rings. The fraction of sp³-hybridized carbons (Fsp3) is 0.257. The lowest BCUT2D eigenvalue weighted by Gasteiger charge is -2.34. The second kappa shape index (κ2) is 15.8. The number of amides is 2. The number of hydrogen-bond acceptors (Lipinski definition) is 6. The Bertz CT molecular complexity index is 1670. The highest BCUT2D eigenvalue weighted by Crippen LogP contribution is 2.33. The molecule has 0 bridgehead atoms. The maximum atomic E-state index is 14.5. The van der Waals surface area contributed by atoms with E-state index < -0.39 is 28.5 Å². The van der Waals surface area contributed by atoms with Gasteiger partial charge in [0.2, 0.25) is 11.8 Å². The van der Waals surface area contributed by atoms with Gasteiger partial charge < -0.3 is 19.7 Å². The van der Waals surface area contributed by atoms with Crippen molar-refractivity contribution in [2.45, 2.75) is 37.8 Å². The summed E-state index contributed by atoms with van der Waals surface area (Å²) in [6.45, 7) is 3.73. The lowest BCUT2D eigenvalue weighted by molar-refractivity contribution is -0.140. The molecule has 236 valence electrons. The minimum Gasteiger partial charge on any atom is -0.497 e. The number of anilines is 1. The van der Waals surface area contributed by atoms with E-state index in [4.69, 9.17) is 9.47 Å². The summed E-state index contributed by atoms with van der Waals surface area (Å²) in [6.07, 6.45) is 0.226. The van der Waals surface area contributed by atoms with Crippen LogP contribution in [-0.2, 0) is 32.6 Å². The number of carbonyl (C=O) groups is 2. The molecule has 0 spiro atoms. The number of sulfonamides is 1. The van der Waals surface area contributed by atoms with E-state index >= 15 is 0 Å². The Balaban J connectivity index is 1.83. The normalized spacial score (nSPS) is 11.7. The first-order chi connectivity index (χ1) is 21.8. The number of hydrogen-bond donors (Lipinski definition) is 1. The second-order valence-corrected chi connectivity index (χ2v) is 12.1. The van der Waals surface area contributed by atoms with Gasteiger partial charge in [0.05, 0.1) is 24.3 Å². The summed E-state index contributed by atoms with van der Waals surface area (Å²) in [5, 5.41) is 2.87. The van der Waals surface area contributed by atoms with Crippen molar-refractivity contribution in [3.8, 4) is 11.5 Å².